The van der Waals surface area contributed by atoms with Gasteiger partial charge in [0, 0.05) is 5.56 Å². The van der Waals surface area contributed by atoms with Crippen LogP contribution >= 0.6 is 0 Å². The summed E-state index contributed by atoms with van der Waals surface area (Å²) in [5.41, 5.74) is 5.25. The van der Waals surface area contributed by atoms with Crippen LogP contribution in [0.25, 0.3) is 0 Å². The number of carbonyl (C=O) groups excluding carboxylic acids is 1. The van der Waals surface area contributed by atoms with Gasteiger partial charge in [0.2, 0.25) is 10.0 Å². The zero-order valence-corrected chi connectivity index (χ0v) is 18.0. The Hall–Kier alpha value is -3.07. The molecule has 0 aromatic heterocycles. The van der Waals surface area contributed by atoms with Gasteiger partial charge in [-0.05, 0) is 49.2 Å². The van der Waals surface area contributed by atoms with Crippen molar-refractivity contribution in [2.45, 2.75) is 20.3 Å². The number of ether oxygens (including phenoxy) is 2. The molecule has 1 aliphatic rings. The Morgan fingerprint density at radius 1 is 1.10 bits per heavy atom. The summed E-state index contributed by atoms with van der Waals surface area (Å²) in [6, 6.07) is 12.5. The van der Waals surface area contributed by atoms with Gasteiger partial charge in [-0.3, -0.25) is 9.10 Å². The number of amides is 1. The molecule has 0 radical (unpaired) electrons. The van der Waals surface area contributed by atoms with E-state index in [9.17, 15) is 13.2 Å². The van der Waals surface area contributed by atoms with Gasteiger partial charge in [-0.1, -0.05) is 19.1 Å². The quantitative estimate of drug-likeness (QED) is 0.536. The first kappa shape index (κ1) is 21.6. The molecule has 9 heteroatoms. The molecule has 1 amide bonds. The molecule has 1 heterocycles. The predicted octanol–water partition coefficient (Wildman–Crippen LogP) is 2.33. The molecule has 160 valence electrons. The van der Waals surface area contributed by atoms with E-state index in [1.165, 1.54) is 0 Å². The maximum atomic E-state index is 12.4. The number of aryl methyl sites for hydroxylation is 1. The largest absolute Gasteiger partial charge is 0.486 e. The monoisotopic (exact) mass is 431 g/mol. The van der Waals surface area contributed by atoms with Crippen LogP contribution in [0.4, 0.5) is 5.69 Å². The number of hydrogen-bond acceptors (Lipinski definition) is 6. The van der Waals surface area contributed by atoms with Crippen LogP contribution in [0.5, 0.6) is 11.5 Å². The molecule has 30 heavy (non-hydrogen) atoms. The molecular formula is C21H25N3O5S. The highest BCUT2D eigenvalue weighted by Crippen LogP contribution is 2.30. The van der Waals surface area contributed by atoms with Crippen molar-refractivity contribution in [1.82, 2.24) is 5.43 Å². The van der Waals surface area contributed by atoms with Gasteiger partial charge in [-0.2, -0.15) is 5.10 Å². The summed E-state index contributed by atoms with van der Waals surface area (Å²) in [4.78, 5) is 12.4. The summed E-state index contributed by atoms with van der Waals surface area (Å²) in [6.07, 6.45) is 1.91. The molecule has 1 aliphatic heterocycles. The molecule has 0 saturated heterocycles. The second kappa shape index (κ2) is 9.17. The smallest absolute Gasteiger partial charge is 0.260 e. The SMILES string of the molecule is CCc1ccc(N(CC(=O)N/N=C(/C)c2ccc3c(c2)OCCO3)S(C)(=O)=O)cc1. The number of benzene rings is 2. The molecule has 0 atom stereocenters. The average molecular weight is 432 g/mol. The first-order valence-corrected chi connectivity index (χ1v) is 11.4. The number of rotatable bonds is 7. The lowest BCUT2D eigenvalue weighted by Gasteiger charge is -2.21. The predicted molar refractivity (Wildman–Crippen MR) is 116 cm³/mol. The Morgan fingerprint density at radius 3 is 2.40 bits per heavy atom. The fourth-order valence-corrected chi connectivity index (χ4v) is 3.80. The van der Waals surface area contributed by atoms with Crippen LogP contribution in [0.15, 0.2) is 47.6 Å². The van der Waals surface area contributed by atoms with E-state index in [2.05, 4.69) is 10.5 Å². The first-order valence-electron chi connectivity index (χ1n) is 9.57. The number of hydrazone groups is 1. The third-order valence-electron chi connectivity index (χ3n) is 4.63. The molecule has 0 saturated carbocycles. The highest BCUT2D eigenvalue weighted by molar-refractivity contribution is 7.92. The molecular weight excluding hydrogens is 406 g/mol. The van der Waals surface area contributed by atoms with Crippen LogP contribution in [0, 0.1) is 0 Å². The van der Waals surface area contributed by atoms with E-state index in [4.69, 9.17) is 9.47 Å². The van der Waals surface area contributed by atoms with Crippen molar-refractivity contribution in [3.63, 3.8) is 0 Å². The topological polar surface area (TPSA) is 97.3 Å². The number of nitrogens with zero attached hydrogens (tertiary/aromatic N) is 2. The molecule has 0 aliphatic carbocycles. The van der Waals surface area contributed by atoms with Gasteiger partial charge in [0.1, 0.15) is 19.8 Å². The van der Waals surface area contributed by atoms with Crippen molar-refractivity contribution in [1.29, 1.82) is 0 Å². The lowest BCUT2D eigenvalue weighted by atomic mass is 10.1. The first-order chi connectivity index (χ1) is 14.3. The average Bonchev–Trinajstić information content (AvgIpc) is 2.74. The summed E-state index contributed by atoms with van der Waals surface area (Å²) < 4.78 is 36.5. The zero-order chi connectivity index (χ0) is 21.7. The van der Waals surface area contributed by atoms with Crippen molar-refractivity contribution in [2.24, 2.45) is 5.10 Å². The van der Waals surface area contributed by atoms with Crippen LogP contribution in [0.2, 0.25) is 0 Å². The molecule has 0 bridgehead atoms. The third-order valence-corrected chi connectivity index (χ3v) is 5.77. The minimum atomic E-state index is -3.64. The number of sulfonamides is 1. The molecule has 0 spiro atoms. The second-order valence-corrected chi connectivity index (χ2v) is 8.79. The highest BCUT2D eigenvalue weighted by atomic mass is 32.2. The standard InChI is InChI=1S/C21H25N3O5S/c1-4-16-5-8-18(9-6-16)24(30(3,26)27)14-21(25)23-22-15(2)17-7-10-19-20(13-17)29-12-11-28-19/h5-10,13H,4,11-12,14H2,1-3H3,(H,23,25)/b22-15-. The van der Waals surface area contributed by atoms with Gasteiger partial charge < -0.3 is 9.47 Å². The van der Waals surface area contributed by atoms with Crippen molar-refractivity contribution in [3.8, 4) is 11.5 Å². The Balaban J connectivity index is 1.70. The molecule has 1 N–H and O–H groups in total. The van der Waals surface area contributed by atoms with Crippen molar-refractivity contribution >= 4 is 27.3 Å². The van der Waals surface area contributed by atoms with E-state index in [-0.39, 0.29) is 6.54 Å². The van der Waals surface area contributed by atoms with Crippen molar-refractivity contribution in [3.05, 3.63) is 53.6 Å². The molecule has 2 aromatic rings. The lowest BCUT2D eigenvalue weighted by molar-refractivity contribution is -0.119. The summed E-state index contributed by atoms with van der Waals surface area (Å²) in [6.45, 7) is 4.36. The Morgan fingerprint density at radius 2 is 1.77 bits per heavy atom. The number of fused-ring (bicyclic) bond motifs is 1. The summed E-state index contributed by atoms with van der Waals surface area (Å²) >= 11 is 0. The Labute approximate surface area is 176 Å². The fourth-order valence-electron chi connectivity index (χ4n) is 2.94. The maximum Gasteiger partial charge on any atom is 0.260 e. The zero-order valence-electron chi connectivity index (χ0n) is 17.2. The minimum absolute atomic E-state index is 0.373. The lowest BCUT2D eigenvalue weighted by Crippen LogP contribution is -2.39. The minimum Gasteiger partial charge on any atom is -0.486 e. The number of carbonyl (C=O) groups is 1. The van der Waals surface area contributed by atoms with Crippen LogP contribution in [0.3, 0.4) is 0 Å². The summed E-state index contributed by atoms with van der Waals surface area (Å²) in [7, 11) is -3.64. The molecule has 3 rings (SSSR count). The van der Waals surface area contributed by atoms with Crippen LogP contribution in [0.1, 0.15) is 25.0 Å². The van der Waals surface area contributed by atoms with E-state index >= 15 is 0 Å². The van der Waals surface area contributed by atoms with Gasteiger partial charge in [0.15, 0.2) is 11.5 Å². The van der Waals surface area contributed by atoms with Gasteiger partial charge in [0.25, 0.3) is 5.91 Å². The van der Waals surface area contributed by atoms with Crippen LogP contribution < -0.4 is 19.2 Å². The van der Waals surface area contributed by atoms with E-state index in [1.807, 2.05) is 25.1 Å². The Kier molecular flexibility index (Phi) is 6.61. The Bertz CT molecular complexity index is 1050. The maximum absolute atomic E-state index is 12.4. The van der Waals surface area contributed by atoms with E-state index in [0.717, 1.165) is 28.1 Å². The molecule has 0 unspecified atom stereocenters. The van der Waals surface area contributed by atoms with Gasteiger partial charge in [-0.15, -0.1) is 0 Å². The number of nitrogens with one attached hydrogen (secondary N) is 1. The van der Waals surface area contributed by atoms with Crippen molar-refractivity contribution < 1.29 is 22.7 Å². The van der Waals surface area contributed by atoms with E-state index < -0.39 is 15.9 Å². The van der Waals surface area contributed by atoms with Crippen molar-refractivity contribution in [2.75, 3.05) is 30.3 Å². The highest BCUT2D eigenvalue weighted by Gasteiger charge is 2.21. The number of anilines is 1. The van der Waals surface area contributed by atoms with Gasteiger partial charge in [0.05, 0.1) is 17.7 Å². The normalized spacial score (nSPS) is 13.6. The summed E-state index contributed by atoms with van der Waals surface area (Å²) in [5.74, 6) is 0.745. The molecule has 8 nitrogen and oxygen atoms in total. The van der Waals surface area contributed by atoms with Crippen LogP contribution in [-0.4, -0.2) is 46.1 Å². The fraction of sp³-hybridized carbons (Fsp3) is 0.333. The van der Waals surface area contributed by atoms with Crippen LogP contribution in [-0.2, 0) is 21.2 Å². The van der Waals surface area contributed by atoms with Gasteiger partial charge >= 0.3 is 0 Å². The summed E-state index contributed by atoms with van der Waals surface area (Å²) in [5, 5.41) is 4.10. The van der Waals surface area contributed by atoms with E-state index in [0.29, 0.717) is 36.1 Å². The number of hydrogen-bond donors (Lipinski definition) is 1. The second-order valence-electron chi connectivity index (χ2n) is 6.88. The molecule has 2 aromatic carbocycles. The van der Waals surface area contributed by atoms with Gasteiger partial charge in [-0.25, -0.2) is 13.8 Å². The third kappa shape index (κ3) is 5.29. The van der Waals surface area contributed by atoms with E-state index in [1.54, 1.807) is 31.2 Å². The molecule has 0 fully saturated rings.